The second kappa shape index (κ2) is 4.44. The van der Waals surface area contributed by atoms with Crippen LogP contribution in [0.15, 0.2) is 24.5 Å². The van der Waals surface area contributed by atoms with Gasteiger partial charge in [0.2, 0.25) is 0 Å². The summed E-state index contributed by atoms with van der Waals surface area (Å²) in [4.78, 5) is 4.00. The molecule has 6 heteroatoms. The van der Waals surface area contributed by atoms with Gasteiger partial charge in [0, 0.05) is 0 Å². The number of aliphatic hydroxyl groups is 1. The number of hydrogen-bond donors (Lipinski definition) is 1. The average Bonchev–Trinajstić information content (AvgIpc) is 2.67. The Morgan fingerprint density at radius 3 is 2.94 bits per heavy atom. The van der Waals surface area contributed by atoms with Crippen LogP contribution in [0.4, 0.5) is 4.39 Å². The maximum Gasteiger partial charge on any atom is 0.184 e. The molecule has 4 nitrogen and oxygen atoms in total. The van der Waals surface area contributed by atoms with Crippen LogP contribution in [0, 0.1) is 5.82 Å². The lowest BCUT2D eigenvalue weighted by molar-refractivity contribution is 0.269. The van der Waals surface area contributed by atoms with Gasteiger partial charge in [0.1, 0.15) is 20.0 Å². The maximum absolute atomic E-state index is 13.6. The van der Waals surface area contributed by atoms with Gasteiger partial charge in [-0.15, -0.1) is 0 Å². The molecule has 0 radical (unpaired) electrons. The summed E-state index contributed by atoms with van der Waals surface area (Å²) in [6.07, 6.45) is 1.48. The summed E-state index contributed by atoms with van der Waals surface area (Å²) >= 11 is 0. The summed E-state index contributed by atoms with van der Waals surface area (Å²) in [7, 11) is 1.82. The van der Waals surface area contributed by atoms with Crippen molar-refractivity contribution in [3.05, 3.63) is 30.3 Å². The van der Waals surface area contributed by atoms with Gasteiger partial charge in [-0.1, -0.05) is 11.5 Å². The highest BCUT2D eigenvalue weighted by molar-refractivity contribution is 6.32. The fourth-order valence-corrected chi connectivity index (χ4v) is 1.43. The molecule has 0 fully saturated rings. The Balaban J connectivity index is 2.35. The maximum atomic E-state index is 13.6. The molecule has 1 heterocycles. The minimum Gasteiger partial charge on any atom is -0.394 e. The summed E-state index contributed by atoms with van der Waals surface area (Å²) < 4.78 is 15.1. The standard InChI is InChI=1S/C10H11BFN3O/c11-7-1-2-8(9(12)5-7)10-13-6-15(14-10)3-4-16/h1-2,5-6,16H,3-4,11H2. The molecule has 0 spiro atoms. The van der Waals surface area contributed by atoms with Crippen molar-refractivity contribution >= 4 is 13.3 Å². The quantitative estimate of drug-likeness (QED) is 0.697. The molecule has 0 saturated heterocycles. The molecule has 0 saturated carbocycles. The molecular formula is C10H11BFN3O. The van der Waals surface area contributed by atoms with Crippen LogP contribution in [0.3, 0.4) is 0 Å². The molecule has 0 aliphatic carbocycles. The summed E-state index contributed by atoms with van der Waals surface area (Å²) in [6.45, 7) is 0.347. The number of hydrogen-bond acceptors (Lipinski definition) is 3. The topological polar surface area (TPSA) is 50.9 Å². The second-order valence-corrected chi connectivity index (χ2v) is 3.54. The lowest BCUT2D eigenvalue weighted by Crippen LogP contribution is -2.04. The molecule has 0 bridgehead atoms. The van der Waals surface area contributed by atoms with Gasteiger partial charge in [0.25, 0.3) is 0 Å². The Bertz CT molecular complexity index is 501. The predicted octanol–water partition coefficient (Wildman–Crippen LogP) is -0.665. The predicted molar refractivity (Wildman–Crippen MR) is 60.7 cm³/mol. The van der Waals surface area contributed by atoms with Gasteiger partial charge >= 0.3 is 0 Å². The van der Waals surface area contributed by atoms with Gasteiger partial charge in [-0.05, 0) is 12.1 Å². The smallest absolute Gasteiger partial charge is 0.184 e. The van der Waals surface area contributed by atoms with E-state index in [-0.39, 0.29) is 12.4 Å². The summed E-state index contributed by atoms with van der Waals surface area (Å²) in [5, 5.41) is 12.8. The van der Waals surface area contributed by atoms with Gasteiger partial charge in [-0.3, -0.25) is 4.68 Å². The number of nitrogens with zero attached hydrogens (tertiary/aromatic N) is 3. The van der Waals surface area contributed by atoms with E-state index in [0.717, 1.165) is 5.46 Å². The summed E-state index contributed by atoms with van der Waals surface area (Å²) in [5.41, 5.74) is 1.23. The van der Waals surface area contributed by atoms with E-state index < -0.39 is 0 Å². The third-order valence-corrected chi connectivity index (χ3v) is 2.23. The molecular weight excluding hydrogens is 208 g/mol. The van der Waals surface area contributed by atoms with Gasteiger partial charge in [-0.25, -0.2) is 9.37 Å². The molecule has 0 aliphatic rings. The minimum absolute atomic E-state index is 0.0147. The molecule has 1 N–H and O–H groups in total. The first-order valence-electron chi connectivity index (χ1n) is 4.97. The van der Waals surface area contributed by atoms with Crippen LogP contribution in [0.2, 0.25) is 0 Å². The van der Waals surface area contributed by atoms with Crippen molar-refractivity contribution in [2.45, 2.75) is 6.54 Å². The monoisotopic (exact) mass is 219 g/mol. The fourth-order valence-electron chi connectivity index (χ4n) is 1.43. The van der Waals surface area contributed by atoms with E-state index in [2.05, 4.69) is 10.1 Å². The van der Waals surface area contributed by atoms with Crippen molar-refractivity contribution in [1.29, 1.82) is 0 Å². The van der Waals surface area contributed by atoms with E-state index in [1.807, 2.05) is 13.9 Å². The molecule has 0 amide bonds. The zero-order valence-corrected chi connectivity index (χ0v) is 8.89. The molecule has 1 aromatic carbocycles. The van der Waals surface area contributed by atoms with E-state index in [4.69, 9.17) is 5.11 Å². The Labute approximate surface area is 93.2 Å². The van der Waals surface area contributed by atoms with Crippen LogP contribution in [-0.4, -0.2) is 34.3 Å². The van der Waals surface area contributed by atoms with Crippen LogP contribution in [-0.2, 0) is 6.54 Å². The van der Waals surface area contributed by atoms with E-state index in [1.54, 1.807) is 6.07 Å². The first-order valence-corrected chi connectivity index (χ1v) is 4.97. The van der Waals surface area contributed by atoms with Crippen LogP contribution < -0.4 is 5.46 Å². The SMILES string of the molecule is Bc1ccc(-c2ncn(CCO)n2)c(F)c1. The van der Waals surface area contributed by atoms with Gasteiger partial charge in [0.05, 0.1) is 18.7 Å². The Kier molecular flexibility index (Phi) is 3.01. The average molecular weight is 219 g/mol. The highest BCUT2D eigenvalue weighted by atomic mass is 19.1. The van der Waals surface area contributed by atoms with Crippen molar-refractivity contribution in [3.8, 4) is 11.4 Å². The van der Waals surface area contributed by atoms with Crippen molar-refractivity contribution in [2.24, 2.45) is 0 Å². The largest absolute Gasteiger partial charge is 0.394 e. The van der Waals surface area contributed by atoms with Crippen molar-refractivity contribution < 1.29 is 9.50 Å². The molecule has 2 rings (SSSR count). The molecule has 16 heavy (non-hydrogen) atoms. The van der Waals surface area contributed by atoms with Crippen molar-refractivity contribution in [2.75, 3.05) is 6.61 Å². The van der Waals surface area contributed by atoms with Crippen molar-refractivity contribution in [3.63, 3.8) is 0 Å². The normalized spacial score (nSPS) is 10.6. The Hall–Kier alpha value is -1.69. The Morgan fingerprint density at radius 2 is 2.25 bits per heavy atom. The van der Waals surface area contributed by atoms with Crippen LogP contribution in [0.5, 0.6) is 0 Å². The fraction of sp³-hybridized carbons (Fsp3) is 0.200. The third-order valence-electron chi connectivity index (χ3n) is 2.23. The lowest BCUT2D eigenvalue weighted by Gasteiger charge is -1.99. The van der Waals surface area contributed by atoms with E-state index in [9.17, 15) is 4.39 Å². The zero-order valence-electron chi connectivity index (χ0n) is 8.89. The molecule has 0 unspecified atom stereocenters. The van der Waals surface area contributed by atoms with E-state index in [0.29, 0.717) is 17.9 Å². The number of aromatic nitrogens is 3. The molecule has 2 aromatic rings. The zero-order chi connectivity index (χ0) is 11.5. The second-order valence-electron chi connectivity index (χ2n) is 3.54. The van der Waals surface area contributed by atoms with Gasteiger partial charge in [-0.2, -0.15) is 5.10 Å². The number of benzene rings is 1. The highest BCUT2D eigenvalue weighted by Crippen LogP contribution is 2.16. The van der Waals surface area contributed by atoms with Gasteiger partial charge < -0.3 is 5.11 Å². The minimum atomic E-state index is -0.332. The van der Waals surface area contributed by atoms with E-state index >= 15 is 0 Å². The van der Waals surface area contributed by atoms with Gasteiger partial charge in [0.15, 0.2) is 5.82 Å². The third kappa shape index (κ3) is 2.11. The first kappa shape index (κ1) is 10.8. The molecule has 1 aromatic heterocycles. The summed E-state index contributed by atoms with van der Waals surface area (Å²) in [6, 6.07) is 4.91. The first-order chi connectivity index (χ1) is 7.70. The number of halogens is 1. The van der Waals surface area contributed by atoms with Crippen molar-refractivity contribution in [1.82, 2.24) is 14.8 Å². The highest BCUT2D eigenvalue weighted by Gasteiger charge is 2.09. The van der Waals surface area contributed by atoms with Crippen LogP contribution in [0.25, 0.3) is 11.4 Å². The van der Waals surface area contributed by atoms with Crippen LogP contribution >= 0.6 is 0 Å². The molecule has 82 valence electrons. The Morgan fingerprint density at radius 1 is 1.44 bits per heavy atom. The molecule has 0 atom stereocenters. The van der Waals surface area contributed by atoms with E-state index in [1.165, 1.54) is 17.1 Å². The molecule has 0 aliphatic heterocycles. The number of rotatable bonds is 3. The summed E-state index contributed by atoms with van der Waals surface area (Å²) in [5.74, 6) is 0.00713. The lowest BCUT2D eigenvalue weighted by atomic mass is 9.95. The number of aliphatic hydroxyl groups excluding tert-OH is 1. The van der Waals surface area contributed by atoms with Crippen LogP contribution in [0.1, 0.15) is 0 Å².